The zero-order valence-electron chi connectivity index (χ0n) is 16.9. The molecule has 28 heavy (non-hydrogen) atoms. The molecular formula is C20H30O7S. The zero-order chi connectivity index (χ0) is 21.3. The molecule has 1 N–H and O–H groups in total. The van der Waals surface area contributed by atoms with Crippen molar-refractivity contribution in [2.75, 3.05) is 0 Å². The maximum atomic E-state index is 12.5. The molecule has 0 bridgehead atoms. The highest BCUT2D eigenvalue weighted by Crippen LogP contribution is 2.20. The largest absolute Gasteiger partial charge is 0.459 e. The quantitative estimate of drug-likeness (QED) is 0.422. The van der Waals surface area contributed by atoms with Crippen molar-refractivity contribution in [2.24, 2.45) is 0 Å². The van der Waals surface area contributed by atoms with Crippen molar-refractivity contribution in [2.45, 2.75) is 83.3 Å². The fourth-order valence-corrected chi connectivity index (χ4v) is 3.31. The van der Waals surface area contributed by atoms with E-state index in [4.69, 9.17) is 9.47 Å². The molecule has 0 fully saturated rings. The van der Waals surface area contributed by atoms with Crippen LogP contribution in [0.15, 0.2) is 23.1 Å². The molecule has 0 aromatic heterocycles. The van der Waals surface area contributed by atoms with Gasteiger partial charge in [0.1, 0.15) is 12.2 Å². The van der Waals surface area contributed by atoms with Crippen LogP contribution < -0.4 is 0 Å². The van der Waals surface area contributed by atoms with Crippen molar-refractivity contribution >= 4 is 22.1 Å². The second kappa shape index (κ2) is 11.2. The maximum Gasteiger partial charge on any atom is 0.338 e. The molecule has 2 atom stereocenters. The molecule has 0 saturated carbocycles. The van der Waals surface area contributed by atoms with Gasteiger partial charge in [-0.3, -0.25) is 4.55 Å². The van der Waals surface area contributed by atoms with Crippen LogP contribution in [-0.2, 0) is 19.6 Å². The number of hydrogen-bond donors (Lipinski definition) is 1. The van der Waals surface area contributed by atoms with Gasteiger partial charge in [-0.25, -0.2) is 9.59 Å². The third-order valence-electron chi connectivity index (χ3n) is 4.36. The summed E-state index contributed by atoms with van der Waals surface area (Å²) in [6.07, 6.45) is 3.60. The van der Waals surface area contributed by atoms with Gasteiger partial charge in [0.2, 0.25) is 0 Å². The lowest BCUT2D eigenvalue weighted by molar-refractivity contribution is 0.0269. The lowest BCUT2D eigenvalue weighted by Gasteiger charge is -2.17. The Bertz CT molecular complexity index is 725. The Balaban J connectivity index is 3.23. The fraction of sp³-hybridized carbons (Fsp3) is 0.600. The number of rotatable bonds is 11. The van der Waals surface area contributed by atoms with Gasteiger partial charge in [-0.1, -0.05) is 40.5 Å². The molecule has 0 saturated heterocycles. The summed E-state index contributed by atoms with van der Waals surface area (Å²) in [4.78, 5) is 24.4. The highest BCUT2D eigenvalue weighted by atomic mass is 32.2. The van der Waals surface area contributed by atoms with E-state index >= 15 is 0 Å². The van der Waals surface area contributed by atoms with Crippen LogP contribution in [0.5, 0.6) is 0 Å². The van der Waals surface area contributed by atoms with Crippen molar-refractivity contribution in [3.63, 3.8) is 0 Å². The van der Waals surface area contributed by atoms with Gasteiger partial charge >= 0.3 is 11.9 Å². The van der Waals surface area contributed by atoms with Crippen molar-refractivity contribution in [3.8, 4) is 0 Å². The summed E-state index contributed by atoms with van der Waals surface area (Å²) in [5, 5.41) is 0. The first-order valence-electron chi connectivity index (χ1n) is 9.70. The van der Waals surface area contributed by atoms with Gasteiger partial charge in [0.05, 0.1) is 16.0 Å². The van der Waals surface area contributed by atoms with Crippen LogP contribution >= 0.6 is 0 Å². The van der Waals surface area contributed by atoms with Crippen LogP contribution in [0.3, 0.4) is 0 Å². The molecular weight excluding hydrogens is 384 g/mol. The number of esters is 2. The average Bonchev–Trinajstić information content (AvgIpc) is 2.65. The summed E-state index contributed by atoms with van der Waals surface area (Å²) >= 11 is 0. The Morgan fingerprint density at radius 3 is 1.54 bits per heavy atom. The topological polar surface area (TPSA) is 107 Å². The van der Waals surface area contributed by atoms with Gasteiger partial charge in [0, 0.05) is 0 Å². The van der Waals surface area contributed by atoms with Gasteiger partial charge in [-0.05, 0) is 43.9 Å². The Kier molecular flexibility index (Phi) is 9.61. The molecule has 1 aromatic rings. The highest BCUT2D eigenvalue weighted by molar-refractivity contribution is 7.85. The summed E-state index contributed by atoms with van der Waals surface area (Å²) in [6.45, 7) is 7.68. The van der Waals surface area contributed by atoms with E-state index in [-0.39, 0.29) is 23.3 Å². The third-order valence-corrected chi connectivity index (χ3v) is 5.19. The fourth-order valence-electron chi connectivity index (χ4n) is 2.76. The number of ether oxygens (including phenoxy) is 2. The van der Waals surface area contributed by atoms with Crippen LogP contribution in [0.2, 0.25) is 0 Å². The Hall–Kier alpha value is -1.93. The molecule has 1 rings (SSSR count). The minimum atomic E-state index is -4.62. The van der Waals surface area contributed by atoms with E-state index in [2.05, 4.69) is 0 Å². The minimum Gasteiger partial charge on any atom is -0.459 e. The smallest absolute Gasteiger partial charge is 0.338 e. The zero-order valence-corrected chi connectivity index (χ0v) is 17.8. The van der Waals surface area contributed by atoms with Crippen LogP contribution in [0.25, 0.3) is 0 Å². The first-order chi connectivity index (χ1) is 13.2. The summed E-state index contributed by atoms with van der Waals surface area (Å²) in [7, 11) is -4.62. The van der Waals surface area contributed by atoms with E-state index in [0.29, 0.717) is 25.7 Å². The van der Waals surface area contributed by atoms with Gasteiger partial charge < -0.3 is 9.47 Å². The number of hydrogen-bond acceptors (Lipinski definition) is 6. The Morgan fingerprint density at radius 2 is 1.25 bits per heavy atom. The molecule has 1 aromatic carbocycles. The van der Waals surface area contributed by atoms with E-state index in [0.717, 1.165) is 25.0 Å². The monoisotopic (exact) mass is 414 g/mol. The van der Waals surface area contributed by atoms with Crippen LogP contribution in [-0.4, -0.2) is 37.1 Å². The molecule has 0 spiro atoms. The molecule has 8 heteroatoms. The van der Waals surface area contributed by atoms with Crippen molar-refractivity contribution < 1.29 is 32.0 Å². The van der Waals surface area contributed by atoms with E-state index < -0.39 is 27.0 Å². The summed E-state index contributed by atoms with van der Waals surface area (Å²) in [5.74, 6) is -1.50. The molecule has 2 unspecified atom stereocenters. The van der Waals surface area contributed by atoms with Crippen LogP contribution in [0.4, 0.5) is 0 Å². The normalized spacial score (nSPS) is 13.6. The molecule has 0 radical (unpaired) electrons. The lowest BCUT2D eigenvalue weighted by atomic mass is 10.1. The number of benzene rings is 1. The van der Waals surface area contributed by atoms with Crippen molar-refractivity contribution in [3.05, 3.63) is 29.3 Å². The number of carbonyl (C=O) groups excluding carboxylic acids is 2. The SMILES string of the molecule is CCCC(CC)OC(=O)c1cc(C(=O)OC(CC)CCC)cc(S(=O)(=O)O)c1. The maximum absolute atomic E-state index is 12.5. The van der Waals surface area contributed by atoms with Crippen molar-refractivity contribution in [1.82, 2.24) is 0 Å². The number of carbonyl (C=O) groups is 2. The Labute approximate surface area is 167 Å². The second-order valence-corrected chi connectivity index (χ2v) is 8.09. The molecule has 0 aliphatic rings. The Morgan fingerprint density at radius 1 is 0.857 bits per heavy atom. The summed E-state index contributed by atoms with van der Waals surface area (Å²) in [5.41, 5.74) is -0.250. The van der Waals surface area contributed by atoms with E-state index in [1.807, 2.05) is 27.7 Å². The van der Waals surface area contributed by atoms with Crippen LogP contribution in [0, 0.1) is 0 Å². The van der Waals surface area contributed by atoms with Gasteiger partial charge in [-0.15, -0.1) is 0 Å². The molecule has 158 valence electrons. The lowest BCUT2D eigenvalue weighted by Crippen LogP contribution is -2.20. The molecule has 0 aliphatic carbocycles. The summed E-state index contributed by atoms with van der Waals surface area (Å²) in [6, 6.07) is 3.23. The average molecular weight is 415 g/mol. The van der Waals surface area contributed by atoms with Gasteiger partial charge in [0.25, 0.3) is 10.1 Å². The first-order valence-corrected chi connectivity index (χ1v) is 11.1. The van der Waals surface area contributed by atoms with Gasteiger partial charge in [0.15, 0.2) is 0 Å². The minimum absolute atomic E-state index is 0.125. The van der Waals surface area contributed by atoms with Gasteiger partial charge in [-0.2, -0.15) is 8.42 Å². The predicted octanol–water partition coefficient (Wildman–Crippen LogP) is 4.40. The standard InChI is InChI=1S/C20H30O7S/c1-5-9-16(7-3)26-19(21)14-11-15(13-18(12-14)28(23,24)25)20(22)27-17(8-4)10-6-2/h11-13,16-17H,5-10H2,1-4H3,(H,23,24,25). The predicted molar refractivity (Wildman–Crippen MR) is 105 cm³/mol. The van der Waals surface area contributed by atoms with E-state index in [9.17, 15) is 22.6 Å². The molecule has 0 amide bonds. The molecule has 0 aliphatic heterocycles. The van der Waals surface area contributed by atoms with E-state index in [1.165, 1.54) is 6.07 Å². The highest BCUT2D eigenvalue weighted by Gasteiger charge is 2.23. The molecule has 0 heterocycles. The van der Waals surface area contributed by atoms with Crippen molar-refractivity contribution in [1.29, 1.82) is 0 Å². The third kappa shape index (κ3) is 7.24. The van der Waals surface area contributed by atoms with Crippen LogP contribution in [0.1, 0.15) is 86.9 Å². The molecule has 7 nitrogen and oxygen atoms in total. The van der Waals surface area contributed by atoms with E-state index in [1.54, 1.807) is 0 Å². The second-order valence-electron chi connectivity index (χ2n) is 6.67. The first kappa shape index (κ1) is 24.1. The summed E-state index contributed by atoms with van der Waals surface area (Å²) < 4.78 is 43.4.